The van der Waals surface area contributed by atoms with Crippen LogP contribution >= 0.6 is 11.6 Å². The van der Waals surface area contributed by atoms with Crippen molar-refractivity contribution >= 4 is 34.8 Å². The second-order valence-corrected chi connectivity index (χ2v) is 7.36. The van der Waals surface area contributed by atoms with Crippen LogP contribution in [0.5, 0.6) is 5.75 Å². The number of hydrogen-bond donors (Lipinski definition) is 0. The van der Waals surface area contributed by atoms with Gasteiger partial charge in [-0.1, -0.05) is 23.7 Å². The molecule has 2 aromatic carbocycles. The lowest BCUT2D eigenvalue weighted by Crippen LogP contribution is -2.49. The van der Waals surface area contributed by atoms with Gasteiger partial charge in [-0.05, 0) is 23.8 Å². The number of fused-ring (bicyclic) bond motifs is 1. The Morgan fingerprint density at radius 1 is 1.23 bits per heavy atom. The lowest BCUT2D eigenvalue weighted by molar-refractivity contribution is -0.384. The zero-order chi connectivity index (χ0) is 21.3. The van der Waals surface area contributed by atoms with E-state index in [9.17, 15) is 19.7 Å². The van der Waals surface area contributed by atoms with Crippen LogP contribution in [0, 0.1) is 10.1 Å². The van der Waals surface area contributed by atoms with Gasteiger partial charge in [0, 0.05) is 23.7 Å². The fraction of sp³-hybridized carbons (Fsp3) is 0.300. The van der Waals surface area contributed by atoms with E-state index in [1.165, 1.54) is 23.1 Å². The van der Waals surface area contributed by atoms with Crippen LogP contribution in [0.2, 0.25) is 5.02 Å². The average molecular weight is 432 g/mol. The van der Waals surface area contributed by atoms with Gasteiger partial charge >= 0.3 is 0 Å². The molecule has 2 aromatic rings. The van der Waals surface area contributed by atoms with Crippen molar-refractivity contribution < 1.29 is 24.0 Å². The van der Waals surface area contributed by atoms with Gasteiger partial charge in [0.1, 0.15) is 18.4 Å². The van der Waals surface area contributed by atoms with E-state index in [4.69, 9.17) is 21.1 Å². The van der Waals surface area contributed by atoms with Crippen molar-refractivity contribution in [1.82, 2.24) is 4.90 Å². The van der Waals surface area contributed by atoms with Crippen LogP contribution in [-0.4, -0.2) is 54.5 Å². The van der Waals surface area contributed by atoms with Crippen molar-refractivity contribution in [2.45, 2.75) is 6.10 Å². The normalized spacial score (nSPS) is 18.6. The molecule has 9 nitrogen and oxygen atoms in total. The van der Waals surface area contributed by atoms with Crippen LogP contribution in [0.15, 0.2) is 42.5 Å². The number of nitro groups is 1. The highest BCUT2D eigenvalue weighted by molar-refractivity contribution is 6.30. The first-order chi connectivity index (χ1) is 14.4. The summed E-state index contributed by atoms with van der Waals surface area (Å²) >= 11 is 5.93. The maximum absolute atomic E-state index is 13.0. The topological polar surface area (TPSA) is 102 Å². The van der Waals surface area contributed by atoms with Crippen molar-refractivity contribution in [3.63, 3.8) is 0 Å². The summed E-state index contributed by atoms with van der Waals surface area (Å²) in [5.41, 5.74) is 0.940. The smallest absolute Gasteiger partial charge is 0.271 e. The first kappa shape index (κ1) is 20.1. The van der Waals surface area contributed by atoms with Gasteiger partial charge in [-0.25, -0.2) is 0 Å². The maximum atomic E-state index is 13.0. The number of benzene rings is 2. The van der Waals surface area contributed by atoms with Crippen molar-refractivity contribution in [1.29, 1.82) is 0 Å². The molecule has 0 saturated carbocycles. The van der Waals surface area contributed by atoms with Crippen LogP contribution in [0.25, 0.3) is 0 Å². The molecule has 2 amide bonds. The second kappa shape index (κ2) is 8.29. The summed E-state index contributed by atoms with van der Waals surface area (Å²) in [4.78, 5) is 38.8. The van der Waals surface area contributed by atoms with E-state index in [1.54, 1.807) is 17.0 Å². The minimum Gasteiger partial charge on any atom is -0.482 e. The predicted molar refractivity (Wildman–Crippen MR) is 108 cm³/mol. The van der Waals surface area contributed by atoms with Crippen LogP contribution in [-0.2, 0) is 14.3 Å². The molecule has 10 heteroatoms. The molecule has 4 rings (SSSR count). The van der Waals surface area contributed by atoms with Crippen LogP contribution in [0.1, 0.15) is 11.7 Å². The SMILES string of the molecule is O=C(CN1C(=O)COc2ccc([N+](=O)[O-])cc21)N1CCOC(c2ccc(Cl)cc2)C1. The highest BCUT2D eigenvalue weighted by Crippen LogP contribution is 2.35. The molecular formula is C20H18ClN3O6. The Hall–Kier alpha value is -3.17. The van der Waals surface area contributed by atoms with Gasteiger partial charge in [0.05, 0.1) is 23.8 Å². The van der Waals surface area contributed by atoms with E-state index in [0.717, 1.165) is 5.56 Å². The Morgan fingerprint density at radius 3 is 2.73 bits per heavy atom. The quantitative estimate of drug-likeness (QED) is 0.544. The number of anilines is 1. The molecule has 0 N–H and O–H groups in total. The minimum absolute atomic E-state index is 0.182. The van der Waals surface area contributed by atoms with Gasteiger partial charge in [0.15, 0.2) is 6.61 Å². The molecule has 0 aromatic heterocycles. The molecule has 1 saturated heterocycles. The van der Waals surface area contributed by atoms with Crippen LogP contribution in [0.4, 0.5) is 11.4 Å². The van der Waals surface area contributed by atoms with E-state index in [2.05, 4.69) is 0 Å². The molecule has 1 atom stereocenters. The minimum atomic E-state index is -0.557. The number of nitrogens with zero attached hydrogens (tertiary/aromatic N) is 3. The number of hydrogen-bond acceptors (Lipinski definition) is 6. The molecule has 0 spiro atoms. The van der Waals surface area contributed by atoms with Gasteiger partial charge in [-0.15, -0.1) is 0 Å². The number of carbonyl (C=O) groups is 2. The van der Waals surface area contributed by atoms with Crippen molar-refractivity contribution in [2.24, 2.45) is 0 Å². The molecule has 1 fully saturated rings. The number of carbonyl (C=O) groups excluding carboxylic acids is 2. The third kappa shape index (κ3) is 4.07. The monoisotopic (exact) mass is 431 g/mol. The lowest BCUT2D eigenvalue weighted by Gasteiger charge is -2.35. The maximum Gasteiger partial charge on any atom is 0.271 e. The molecule has 2 heterocycles. The molecule has 0 aliphatic carbocycles. The van der Waals surface area contributed by atoms with Crippen molar-refractivity contribution in [3.05, 3.63) is 63.2 Å². The number of nitro benzene ring substituents is 1. The van der Waals surface area contributed by atoms with Gasteiger partial charge in [0.25, 0.3) is 11.6 Å². The first-order valence-electron chi connectivity index (χ1n) is 9.29. The predicted octanol–water partition coefficient (Wildman–Crippen LogP) is 2.57. The van der Waals surface area contributed by atoms with Gasteiger partial charge < -0.3 is 14.4 Å². The van der Waals surface area contributed by atoms with E-state index in [0.29, 0.717) is 30.5 Å². The number of non-ortho nitro benzene ring substituents is 1. The lowest BCUT2D eigenvalue weighted by atomic mass is 10.1. The Bertz CT molecular complexity index is 997. The van der Waals surface area contributed by atoms with Crippen molar-refractivity contribution in [3.8, 4) is 5.75 Å². The molecule has 30 heavy (non-hydrogen) atoms. The molecular weight excluding hydrogens is 414 g/mol. The highest BCUT2D eigenvalue weighted by atomic mass is 35.5. The summed E-state index contributed by atoms with van der Waals surface area (Å²) in [5.74, 6) is -0.377. The van der Waals surface area contributed by atoms with Crippen LogP contribution in [0.3, 0.4) is 0 Å². The zero-order valence-corrected chi connectivity index (χ0v) is 16.6. The standard InChI is InChI=1S/C20H18ClN3O6/c21-14-3-1-13(2-4-14)18-10-22(7-8-29-18)19(25)11-23-16-9-15(24(27)28)5-6-17(16)30-12-20(23)26/h1-6,9,18H,7-8,10-12H2. The van der Waals surface area contributed by atoms with Gasteiger partial charge in [0.2, 0.25) is 5.91 Å². The first-order valence-corrected chi connectivity index (χ1v) is 9.66. The molecule has 0 bridgehead atoms. The summed E-state index contributed by atoms with van der Waals surface area (Å²) in [6.07, 6.45) is -0.297. The van der Waals surface area contributed by atoms with E-state index in [1.807, 2.05) is 12.1 Å². The summed E-state index contributed by atoms with van der Waals surface area (Å²) in [6, 6.07) is 11.2. The molecule has 2 aliphatic rings. The number of halogens is 1. The highest BCUT2D eigenvalue weighted by Gasteiger charge is 2.32. The summed E-state index contributed by atoms with van der Waals surface area (Å²) in [7, 11) is 0. The van der Waals surface area contributed by atoms with Gasteiger partial charge in [-0.3, -0.25) is 24.6 Å². The van der Waals surface area contributed by atoms with E-state index in [-0.39, 0.29) is 36.5 Å². The fourth-order valence-corrected chi connectivity index (χ4v) is 3.59. The Balaban J connectivity index is 1.51. The largest absolute Gasteiger partial charge is 0.482 e. The third-order valence-corrected chi connectivity index (χ3v) is 5.30. The van der Waals surface area contributed by atoms with Crippen molar-refractivity contribution in [2.75, 3.05) is 37.7 Å². The number of morpholine rings is 1. The summed E-state index contributed by atoms with van der Waals surface area (Å²) in [5, 5.41) is 11.7. The van der Waals surface area contributed by atoms with Gasteiger partial charge in [-0.2, -0.15) is 0 Å². The average Bonchev–Trinajstić information content (AvgIpc) is 2.76. The summed E-state index contributed by atoms with van der Waals surface area (Å²) < 4.78 is 11.1. The zero-order valence-electron chi connectivity index (χ0n) is 15.8. The Kier molecular flexibility index (Phi) is 5.56. The number of ether oxygens (including phenoxy) is 2. The number of amides is 2. The third-order valence-electron chi connectivity index (χ3n) is 5.05. The molecule has 2 aliphatic heterocycles. The fourth-order valence-electron chi connectivity index (χ4n) is 3.47. The number of rotatable bonds is 4. The Morgan fingerprint density at radius 2 is 2.00 bits per heavy atom. The van der Waals surface area contributed by atoms with E-state index >= 15 is 0 Å². The van der Waals surface area contributed by atoms with Crippen LogP contribution < -0.4 is 9.64 Å². The second-order valence-electron chi connectivity index (χ2n) is 6.93. The molecule has 0 radical (unpaired) electrons. The Labute approximate surface area is 176 Å². The summed E-state index contributed by atoms with van der Waals surface area (Å²) in [6.45, 7) is 0.625. The molecule has 156 valence electrons. The van der Waals surface area contributed by atoms with E-state index < -0.39 is 10.8 Å². The molecule has 1 unspecified atom stereocenters.